The maximum Gasteiger partial charge on any atom is 0.345 e. The molecule has 0 aliphatic carbocycles. The highest BCUT2D eigenvalue weighted by molar-refractivity contribution is 6.19. The third-order valence-corrected chi connectivity index (χ3v) is 1.92. The van der Waals surface area contributed by atoms with Crippen molar-refractivity contribution < 1.29 is 19.1 Å². The van der Waals surface area contributed by atoms with E-state index in [1.165, 1.54) is 7.11 Å². The van der Waals surface area contributed by atoms with E-state index in [2.05, 4.69) is 4.74 Å². The zero-order chi connectivity index (χ0) is 10.9. The van der Waals surface area contributed by atoms with E-state index in [9.17, 15) is 9.59 Å². The van der Waals surface area contributed by atoms with Gasteiger partial charge in [0.1, 0.15) is 11.3 Å². The van der Waals surface area contributed by atoms with Gasteiger partial charge in [-0.25, -0.2) is 4.79 Å². The summed E-state index contributed by atoms with van der Waals surface area (Å²) in [6.07, 6.45) is 0. The Kier molecular flexibility index (Phi) is 2.64. The van der Waals surface area contributed by atoms with Crippen LogP contribution in [0.25, 0.3) is 0 Å². The molecule has 0 aromatic carbocycles. The van der Waals surface area contributed by atoms with Crippen LogP contribution in [-0.2, 0) is 19.1 Å². The molecule has 1 aliphatic heterocycles. The lowest BCUT2D eigenvalue weighted by molar-refractivity contribution is -0.137. The molecule has 0 N–H and O–H groups in total. The average Bonchev–Trinajstić information content (AvgIpc) is 2.45. The standard InChI is InChI=1S/C10H14O4/c1-10(2,3)8-7(9(12)13-4)6(11)5-14-8/h5H2,1-4H3. The van der Waals surface area contributed by atoms with Crippen molar-refractivity contribution in [3.05, 3.63) is 11.3 Å². The molecule has 0 spiro atoms. The summed E-state index contributed by atoms with van der Waals surface area (Å²) < 4.78 is 9.73. The lowest BCUT2D eigenvalue weighted by atomic mass is 9.90. The summed E-state index contributed by atoms with van der Waals surface area (Å²) in [5, 5.41) is 0. The van der Waals surface area contributed by atoms with Crippen LogP contribution in [0.1, 0.15) is 20.8 Å². The van der Waals surface area contributed by atoms with E-state index in [1.807, 2.05) is 20.8 Å². The molecule has 0 fully saturated rings. The van der Waals surface area contributed by atoms with Gasteiger partial charge in [0.25, 0.3) is 0 Å². The first kappa shape index (κ1) is 10.8. The quantitative estimate of drug-likeness (QED) is 0.467. The summed E-state index contributed by atoms with van der Waals surface area (Å²) >= 11 is 0. The summed E-state index contributed by atoms with van der Waals surface area (Å²) in [6.45, 7) is 5.58. The van der Waals surface area contributed by atoms with Crippen molar-refractivity contribution in [2.45, 2.75) is 20.8 Å². The summed E-state index contributed by atoms with van der Waals surface area (Å²) in [5.41, 5.74) is -0.296. The third-order valence-electron chi connectivity index (χ3n) is 1.92. The van der Waals surface area contributed by atoms with Crippen LogP contribution in [-0.4, -0.2) is 25.5 Å². The van der Waals surface area contributed by atoms with E-state index >= 15 is 0 Å². The topological polar surface area (TPSA) is 52.6 Å². The molecule has 0 saturated heterocycles. The molecule has 1 rings (SSSR count). The maximum atomic E-state index is 11.3. The number of allylic oxidation sites excluding steroid dienone is 1. The molecule has 0 radical (unpaired) electrons. The fourth-order valence-corrected chi connectivity index (χ4v) is 1.31. The number of hydrogen-bond donors (Lipinski definition) is 0. The molecule has 14 heavy (non-hydrogen) atoms. The Morgan fingerprint density at radius 1 is 1.43 bits per heavy atom. The number of methoxy groups -OCH3 is 1. The molecule has 4 nitrogen and oxygen atoms in total. The number of rotatable bonds is 1. The predicted octanol–water partition coefficient (Wildman–Crippen LogP) is 1.06. The summed E-state index contributed by atoms with van der Waals surface area (Å²) in [4.78, 5) is 22.6. The molecule has 0 atom stereocenters. The third kappa shape index (κ3) is 1.78. The first-order valence-corrected chi connectivity index (χ1v) is 4.37. The number of ketones is 1. The fraction of sp³-hybridized carbons (Fsp3) is 0.600. The van der Waals surface area contributed by atoms with E-state index in [-0.39, 0.29) is 23.4 Å². The Morgan fingerprint density at radius 2 is 2.00 bits per heavy atom. The number of esters is 1. The van der Waals surface area contributed by atoms with Crippen LogP contribution in [0.15, 0.2) is 11.3 Å². The highest BCUT2D eigenvalue weighted by atomic mass is 16.5. The van der Waals surface area contributed by atoms with Crippen molar-refractivity contribution in [1.29, 1.82) is 0 Å². The monoisotopic (exact) mass is 198 g/mol. The van der Waals surface area contributed by atoms with Crippen LogP contribution in [0.4, 0.5) is 0 Å². The van der Waals surface area contributed by atoms with E-state index in [0.29, 0.717) is 5.76 Å². The van der Waals surface area contributed by atoms with Gasteiger partial charge >= 0.3 is 5.97 Å². The molecule has 1 aliphatic rings. The second kappa shape index (κ2) is 3.44. The second-order valence-electron chi connectivity index (χ2n) is 4.16. The van der Waals surface area contributed by atoms with Gasteiger partial charge in [-0.1, -0.05) is 20.8 Å². The summed E-state index contributed by atoms with van der Waals surface area (Å²) in [6, 6.07) is 0. The average molecular weight is 198 g/mol. The van der Waals surface area contributed by atoms with Crippen molar-refractivity contribution in [3.63, 3.8) is 0 Å². The Bertz CT molecular complexity index is 307. The van der Waals surface area contributed by atoms with Gasteiger partial charge in [0.15, 0.2) is 6.61 Å². The highest BCUT2D eigenvalue weighted by Crippen LogP contribution is 2.33. The van der Waals surface area contributed by atoms with Crippen molar-refractivity contribution in [1.82, 2.24) is 0 Å². The maximum absolute atomic E-state index is 11.3. The minimum absolute atomic E-state index is 0.0556. The van der Waals surface area contributed by atoms with E-state index in [4.69, 9.17) is 4.74 Å². The first-order valence-electron chi connectivity index (χ1n) is 4.37. The molecule has 4 heteroatoms. The zero-order valence-corrected chi connectivity index (χ0v) is 8.84. The van der Waals surface area contributed by atoms with Gasteiger partial charge in [0, 0.05) is 5.41 Å². The van der Waals surface area contributed by atoms with Gasteiger partial charge in [0.05, 0.1) is 7.11 Å². The van der Waals surface area contributed by atoms with Gasteiger partial charge in [-0.05, 0) is 0 Å². The molecule has 0 unspecified atom stereocenters. The largest absolute Gasteiger partial charge is 0.488 e. The number of hydrogen-bond acceptors (Lipinski definition) is 4. The van der Waals surface area contributed by atoms with Crippen molar-refractivity contribution in [2.24, 2.45) is 5.41 Å². The minimum Gasteiger partial charge on any atom is -0.488 e. The number of carbonyl (C=O) groups excluding carboxylic acids is 2. The molecular formula is C10H14O4. The number of ether oxygens (including phenoxy) is 2. The first-order chi connectivity index (χ1) is 6.38. The zero-order valence-electron chi connectivity index (χ0n) is 8.84. The molecule has 0 amide bonds. The van der Waals surface area contributed by atoms with Gasteiger partial charge in [-0.3, -0.25) is 4.79 Å². The number of Topliss-reactive ketones (excluding diaryl/α,β-unsaturated/α-hetero) is 1. The number of carbonyl (C=O) groups is 2. The Labute approximate surface area is 82.9 Å². The van der Waals surface area contributed by atoms with E-state index < -0.39 is 5.97 Å². The summed E-state index contributed by atoms with van der Waals surface area (Å²) in [5.74, 6) is -0.492. The van der Waals surface area contributed by atoms with Gasteiger partial charge in [0.2, 0.25) is 5.78 Å². The van der Waals surface area contributed by atoms with E-state index in [0.717, 1.165) is 0 Å². The molecule has 78 valence electrons. The van der Waals surface area contributed by atoms with Gasteiger partial charge in [-0.2, -0.15) is 0 Å². The minimum atomic E-state index is -0.613. The second-order valence-corrected chi connectivity index (χ2v) is 4.16. The van der Waals surface area contributed by atoms with Crippen LogP contribution in [0, 0.1) is 5.41 Å². The normalized spacial score (nSPS) is 17.0. The highest BCUT2D eigenvalue weighted by Gasteiger charge is 2.37. The fourth-order valence-electron chi connectivity index (χ4n) is 1.31. The molecule has 0 aromatic rings. The molecular weight excluding hydrogens is 184 g/mol. The summed E-state index contributed by atoms with van der Waals surface area (Å²) in [7, 11) is 1.25. The SMILES string of the molecule is COC(=O)C1=C(C(C)(C)C)OCC1=O. The van der Waals surface area contributed by atoms with Gasteiger partial charge < -0.3 is 9.47 Å². The Balaban J connectivity index is 3.16. The van der Waals surface area contributed by atoms with Crippen molar-refractivity contribution in [3.8, 4) is 0 Å². The van der Waals surface area contributed by atoms with Crippen molar-refractivity contribution in [2.75, 3.05) is 13.7 Å². The molecule has 0 bridgehead atoms. The van der Waals surface area contributed by atoms with Crippen LogP contribution >= 0.6 is 0 Å². The van der Waals surface area contributed by atoms with E-state index in [1.54, 1.807) is 0 Å². The molecule has 0 saturated carbocycles. The van der Waals surface area contributed by atoms with Crippen LogP contribution in [0.3, 0.4) is 0 Å². The Hall–Kier alpha value is -1.32. The lowest BCUT2D eigenvalue weighted by Gasteiger charge is -2.19. The van der Waals surface area contributed by atoms with Crippen LogP contribution in [0.2, 0.25) is 0 Å². The predicted molar refractivity (Wildman–Crippen MR) is 49.5 cm³/mol. The molecule has 1 heterocycles. The molecule has 0 aromatic heterocycles. The lowest BCUT2D eigenvalue weighted by Crippen LogP contribution is -2.17. The van der Waals surface area contributed by atoms with Gasteiger partial charge in [-0.15, -0.1) is 0 Å². The Morgan fingerprint density at radius 3 is 2.43 bits per heavy atom. The van der Waals surface area contributed by atoms with Crippen LogP contribution in [0.5, 0.6) is 0 Å². The van der Waals surface area contributed by atoms with Crippen LogP contribution < -0.4 is 0 Å². The van der Waals surface area contributed by atoms with Crippen molar-refractivity contribution >= 4 is 11.8 Å². The smallest absolute Gasteiger partial charge is 0.345 e.